The zero-order valence-electron chi connectivity index (χ0n) is 14.0. The van der Waals surface area contributed by atoms with Crippen LogP contribution in [0.2, 0.25) is 0 Å². The molecule has 0 aliphatic rings. The first kappa shape index (κ1) is 18.3. The summed E-state index contributed by atoms with van der Waals surface area (Å²) in [5.74, 6) is 1.03. The van der Waals surface area contributed by atoms with Gasteiger partial charge in [-0.05, 0) is 42.5 Å². The van der Waals surface area contributed by atoms with Crippen molar-refractivity contribution in [3.05, 3.63) is 42.0 Å². The molecule has 0 atom stereocenters. The van der Waals surface area contributed by atoms with Crippen molar-refractivity contribution in [3.63, 3.8) is 0 Å². The van der Waals surface area contributed by atoms with Crippen LogP contribution in [-0.4, -0.2) is 37.5 Å². The van der Waals surface area contributed by atoms with Gasteiger partial charge in [0.15, 0.2) is 16.6 Å². The van der Waals surface area contributed by atoms with Gasteiger partial charge in [0.05, 0.1) is 27.0 Å². The molecule has 0 radical (unpaired) electrons. The van der Waals surface area contributed by atoms with Crippen LogP contribution < -0.4 is 24.8 Å². The van der Waals surface area contributed by atoms with E-state index in [2.05, 4.69) is 10.6 Å². The number of hydrogen-bond donors (Lipinski definition) is 3. The quantitative estimate of drug-likeness (QED) is 0.556. The second kappa shape index (κ2) is 8.20. The molecule has 1 amide bonds. The predicted octanol–water partition coefficient (Wildman–Crippen LogP) is 2.54. The third kappa shape index (κ3) is 4.51. The third-order valence-corrected chi connectivity index (χ3v) is 3.53. The number of methoxy groups -OCH3 is 3. The molecule has 0 aromatic heterocycles. The van der Waals surface area contributed by atoms with E-state index in [1.807, 2.05) is 0 Å². The van der Waals surface area contributed by atoms with Crippen molar-refractivity contribution >= 4 is 28.9 Å². The predicted molar refractivity (Wildman–Crippen MR) is 97.9 cm³/mol. The highest BCUT2D eigenvalue weighted by atomic mass is 32.1. The molecule has 0 saturated heterocycles. The Morgan fingerprint density at radius 3 is 2.36 bits per heavy atom. The first-order valence-corrected chi connectivity index (χ1v) is 7.60. The van der Waals surface area contributed by atoms with Gasteiger partial charge < -0.3 is 24.6 Å². The second-order valence-corrected chi connectivity index (χ2v) is 5.27. The van der Waals surface area contributed by atoms with Crippen molar-refractivity contribution < 1.29 is 24.1 Å². The minimum atomic E-state index is -0.430. The van der Waals surface area contributed by atoms with Gasteiger partial charge in [0.25, 0.3) is 5.91 Å². The van der Waals surface area contributed by atoms with Crippen molar-refractivity contribution in [2.75, 3.05) is 26.6 Å². The van der Waals surface area contributed by atoms with Crippen molar-refractivity contribution in [2.45, 2.75) is 0 Å². The number of amides is 1. The number of carbonyl (C=O) groups excluding carboxylic acids is 1. The number of aromatic hydroxyl groups is 1. The SMILES string of the molecule is COc1ccc(O)c(NC(=S)NC(=O)c2ccc(OC)c(OC)c2)c1. The Morgan fingerprint density at radius 1 is 1.00 bits per heavy atom. The molecular weight excluding hydrogens is 344 g/mol. The van der Waals surface area contributed by atoms with E-state index in [1.165, 1.54) is 27.4 Å². The molecule has 3 N–H and O–H groups in total. The standard InChI is InChI=1S/C17H18N2O5S/c1-22-11-5-6-13(20)12(9-11)18-17(25)19-16(21)10-4-7-14(23-2)15(8-10)24-3/h4-9,20H,1-3H3,(H2,18,19,21,25). The molecule has 0 aliphatic heterocycles. The average Bonchev–Trinajstić information content (AvgIpc) is 2.62. The monoisotopic (exact) mass is 362 g/mol. The van der Waals surface area contributed by atoms with Crippen molar-refractivity contribution in [2.24, 2.45) is 0 Å². The zero-order chi connectivity index (χ0) is 18.4. The van der Waals surface area contributed by atoms with Gasteiger partial charge in [0.2, 0.25) is 0 Å². The maximum absolute atomic E-state index is 12.3. The van der Waals surface area contributed by atoms with Crippen LogP contribution in [0.1, 0.15) is 10.4 Å². The van der Waals surface area contributed by atoms with Crippen molar-refractivity contribution in [1.29, 1.82) is 0 Å². The first-order chi connectivity index (χ1) is 12.0. The Hall–Kier alpha value is -3.00. The number of ether oxygens (including phenoxy) is 3. The number of rotatable bonds is 5. The van der Waals surface area contributed by atoms with Gasteiger partial charge in [-0.1, -0.05) is 0 Å². The lowest BCUT2D eigenvalue weighted by Gasteiger charge is -2.13. The summed E-state index contributed by atoms with van der Waals surface area (Å²) in [6.07, 6.45) is 0. The van der Waals surface area contributed by atoms with Gasteiger partial charge in [0.1, 0.15) is 11.5 Å². The molecule has 0 fully saturated rings. The molecule has 7 nitrogen and oxygen atoms in total. The molecule has 2 rings (SSSR count). The van der Waals surface area contributed by atoms with E-state index >= 15 is 0 Å². The van der Waals surface area contributed by atoms with E-state index in [0.29, 0.717) is 28.5 Å². The van der Waals surface area contributed by atoms with Gasteiger partial charge in [-0.2, -0.15) is 0 Å². The summed E-state index contributed by atoms with van der Waals surface area (Å²) in [6.45, 7) is 0. The molecule has 2 aromatic carbocycles. The van der Waals surface area contributed by atoms with Crippen LogP contribution in [-0.2, 0) is 0 Å². The van der Waals surface area contributed by atoms with E-state index in [1.54, 1.807) is 30.3 Å². The fraction of sp³-hybridized carbons (Fsp3) is 0.176. The van der Waals surface area contributed by atoms with Crippen LogP contribution in [0, 0.1) is 0 Å². The Labute approximate surface area is 150 Å². The molecule has 0 saturated carbocycles. The minimum Gasteiger partial charge on any atom is -0.506 e. The average molecular weight is 362 g/mol. The summed E-state index contributed by atoms with van der Waals surface area (Å²) >= 11 is 5.11. The molecule has 0 unspecified atom stereocenters. The van der Waals surface area contributed by atoms with Crippen LogP contribution in [0.25, 0.3) is 0 Å². The summed E-state index contributed by atoms with van der Waals surface area (Å²) in [5, 5.41) is 15.1. The molecule has 2 aromatic rings. The highest BCUT2D eigenvalue weighted by molar-refractivity contribution is 7.80. The van der Waals surface area contributed by atoms with E-state index in [-0.39, 0.29) is 10.9 Å². The van der Waals surface area contributed by atoms with Gasteiger partial charge in [-0.3, -0.25) is 10.1 Å². The Bertz CT molecular complexity index is 795. The summed E-state index contributed by atoms with van der Waals surface area (Å²) in [7, 11) is 4.50. The van der Waals surface area contributed by atoms with Gasteiger partial charge in [-0.15, -0.1) is 0 Å². The number of hydrogen-bond acceptors (Lipinski definition) is 6. The number of phenolic OH excluding ortho intramolecular Hbond substituents is 1. The highest BCUT2D eigenvalue weighted by Crippen LogP contribution is 2.28. The van der Waals surface area contributed by atoms with Gasteiger partial charge in [0, 0.05) is 11.6 Å². The van der Waals surface area contributed by atoms with Crippen LogP contribution in [0.3, 0.4) is 0 Å². The second-order valence-electron chi connectivity index (χ2n) is 4.86. The molecule has 0 heterocycles. The van der Waals surface area contributed by atoms with Crippen LogP contribution in [0.4, 0.5) is 5.69 Å². The lowest BCUT2D eigenvalue weighted by molar-refractivity contribution is 0.0977. The number of thiocarbonyl (C=S) groups is 1. The zero-order valence-corrected chi connectivity index (χ0v) is 14.8. The van der Waals surface area contributed by atoms with E-state index < -0.39 is 5.91 Å². The van der Waals surface area contributed by atoms with E-state index in [4.69, 9.17) is 26.4 Å². The fourth-order valence-electron chi connectivity index (χ4n) is 2.05. The lowest BCUT2D eigenvalue weighted by Crippen LogP contribution is -2.34. The molecule has 0 spiro atoms. The number of nitrogens with one attached hydrogen (secondary N) is 2. The van der Waals surface area contributed by atoms with Crippen molar-refractivity contribution in [3.8, 4) is 23.0 Å². The summed E-state index contributed by atoms with van der Waals surface area (Å²) in [4.78, 5) is 12.3. The summed E-state index contributed by atoms with van der Waals surface area (Å²) in [5.41, 5.74) is 0.661. The first-order valence-electron chi connectivity index (χ1n) is 7.20. The Balaban J connectivity index is 2.09. The normalized spacial score (nSPS) is 9.88. The lowest BCUT2D eigenvalue weighted by atomic mass is 10.2. The van der Waals surface area contributed by atoms with E-state index in [9.17, 15) is 9.90 Å². The number of phenols is 1. The molecular formula is C17H18N2O5S. The number of carbonyl (C=O) groups is 1. The smallest absolute Gasteiger partial charge is 0.257 e. The molecule has 0 bridgehead atoms. The molecule has 8 heteroatoms. The maximum Gasteiger partial charge on any atom is 0.257 e. The number of benzene rings is 2. The maximum atomic E-state index is 12.3. The highest BCUT2D eigenvalue weighted by Gasteiger charge is 2.13. The van der Waals surface area contributed by atoms with Crippen LogP contribution in [0.5, 0.6) is 23.0 Å². The van der Waals surface area contributed by atoms with Gasteiger partial charge >= 0.3 is 0 Å². The topological polar surface area (TPSA) is 89.1 Å². The van der Waals surface area contributed by atoms with Gasteiger partial charge in [-0.25, -0.2) is 0 Å². The van der Waals surface area contributed by atoms with Crippen molar-refractivity contribution in [1.82, 2.24) is 5.32 Å². The largest absolute Gasteiger partial charge is 0.506 e. The molecule has 25 heavy (non-hydrogen) atoms. The molecule has 0 aliphatic carbocycles. The minimum absolute atomic E-state index is 0.0245. The number of anilines is 1. The Morgan fingerprint density at radius 2 is 1.72 bits per heavy atom. The fourth-order valence-corrected chi connectivity index (χ4v) is 2.25. The summed E-state index contributed by atoms with van der Waals surface area (Å²) < 4.78 is 15.4. The third-order valence-electron chi connectivity index (χ3n) is 3.32. The van der Waals surface area contributed by atoms with Crippen LogP contribution in [0.15, 0.2) is 36.4 Å². The molecule has 132 valence electrons. The Kier molecular flexibility index (Phi) is 6.02. The van der Waals surface area contributed by atoms with E-state index in [0.717, 1.165) is 0 Å². The van der Waals surface area contributed by atoms with Crippen LogP contribution >= 0.6 is 12.2 Å². The summed E-state index contributed by atoms with van der Waals surface area (Å²) in [6, 6.07) is 9.37.